The summed E-state index contributed by atoms with van der Waals surface area (Å²) < 4.78 is 35.6. The molecule has 0 heterocycles. The monoisotopic (exact) mass is 1120 g/mol. The van der Waals surface area contributed by atoms with Crippen LogP contribution in [0.15, 0.2) is 76.7 Å². The van der Waals surface area contributed by atoms with Gasteiger partial charge >= 0.3 is 7.82 Å². The summed E-state index contributed by atoms with van der Waals surface area (Å²) in [6.07, 6.45) is 0. The van der Waals surface area contributed by atoms with Gasteiger partial charge in [-0.25, -0.2) is 22.1 Å². The van der Waals surface area contributed by atoms with E-state index < -0.39 is 7.82 Å². The quantitative estimate of drug-likeness (QED) is 0.0824. The van der Waals surface area contributed by atoms with Crippen LogP contribution >= 0.6 is 151 Å². The summed E-state index contributed by atoms with van der Waals surface area (Å²) in [6.45, 7) is 0. The van der Waals surface area contributed by atoms with Crippen molar-refractivity contribution in [2.75, 3.05) is 15.5 Å². The van der Waals surface area contributed by atoms with E-state index in [9.17, 15) is 4.57 Å². The van der Waals surface area contributed by atoms with E-state index in [4.69, 9.17) is 31.4 Å². The highest BCUT2D eigenvalue weighted by molar-refractivity contribution is 9.14. The van der Waals surface area contributed by atoms with Crippen LogP contribution in [-0.4, -0.2) is 0 Å². The number of hydrazine groups is 3. The van der Waals surface area contributed by atoms with Crippen molar-refractivity contribution in [1.82, 2.24) is 0 Å². The molecule has 38 heavy (non-hydrogen) atoms. The first-order valence-electron chi connectivity index (χ1n) is 9.41. The highest BCUT2D eigenvalue weighted by Crippen LogP contribution is 2.55. The molecule has 0 amide bonds. The number of anilines is 3. The van der Waals surface area contributed by atoms with E-state index in [1.54, 1.807) is 36.4 Å². The van der Waals surface area contributed by atoms with Gasteiger partial charge in [-0.3, -0.25) is 0 Å². The van der Waals surface area contributed by atoms with Gasteiger partial charge in [0, 0.05) is 26.8 Å². The zero-order chi connectivity index (χ0) is 28.5. The Kier molecular flexibility index (Phi) is 12.7. The number of benzene rings is 3. The summed E-state index contributed by atoms with van der Waals surface area (Å²) in [6, 6.07) is 10.3. The summed E-state index contributed by atoms with van der Waals surface area (Å²) in [5.74, 6) is 18.5. The molecule has 0 saturated carbocycles. The van der Waals surface area contributed by atoms with Crippen LogP contribution in [-0.2, 0) is 18.4 Å². The van der Waals surface area contributed by atoms with Gasteiger partial charge in [0.2, 0.25) is 0 Å². The second-order valence-corrected chi connectivity index (χ2v) is 15.6. The number of hydrogen-bond donors (Lipinski definition) is 3. The molecule has 0 saturated heterocycles. The van der Waals surface area contributed by atoms with Crippen molar-refractivity contribution in [3.05, 3.63) is 76.7 Å². The van der Waals surface area contributed by atoms with E-state index in [1.807, 2.05) is 0 Å². The van der Waals surface area contributed by atoms with Crippen molar-refractivity contribution in [2.24, 2.45) is 17.5 Å². The van der Waals surface area contributed by atoms with Crippen molar-refractivity contribution >= 4 is 168 Å². The van der Waals surface area contributed by atoms with E-state index in [0.29, 0.717) is 55.8 Å². The van der Waals surface area contributed by atoms with Gasteiger partial charge in [0.05, 0.1) is 13.4 Å². The van der Waals surface area contributed by atoms with Gasteiger partial charge in [-0.05, 0) is 180 Å². The Morgan fingerprint density at radius 1 is 0.474 bits per heavy atom. The van der Waals surface area contributed by atoms with E-state index in [1.165, 1.54) is 0 Å². The second kappa shape index (κ2) is 14.2. The van der Waals surface area contributed by atoms with Crippen LogP contribution in [0.4, 0.5) is 17.1 Å². The summed E-state index contributed by atoms with van der Waals surface area (Å²) >= 11 is 30.6. The summed E-state index contributed by atoms with van der Waals surface area (Å²) in [5.41, 5.74) is 0.732. The molecule has 0 aromatic heterocycles. The fourth-order valence-corrected chi connectivity index (χ4v) is 8.46. The lowest BCUT2D eigenvalue weighted by Gasteiger charge is -2.31. The molecule has 0 fully saturated rings. The lowest BCUT2D eigenvalue weighted by Crippen LogP contribution is -2.39. The van der Waals surface area contributed by atoms with Crippen LogP contribution in [0.25, 0.3) is 0 Å². The average Bonchev–Trinajstić information content (AvgIpc) is 2.81. The van der Waals surface area contributed by atoms with Gasteiger partial charge in [-0.15, -0.1) is 13.9 Å². The predicted molar refractivity (Wildman–Crippen MR) is 179 cm³/mol. The van der Waals surface area contributed by atoms with Gasteiger partial charge in [0.15, 0.2) is 0 Å². The minimum absolute atomic E-state index is 0.244. The lowest BCUT2D eigenvalue weighted by atomic mass is 10.3. The molecule has 0 radical (unpaired) electrons. The minimum Gasteiger partial charge on any atom is -0.222 e. The number of nitrogens with zero attached hydrogens (tertiary/aromatic N) is 3. The van der Waals surface area contributed by atoms with Gasteiger partial charge in [0.1, 0.15) is 17.1 Å². The molecular formula is C18H12Br9N6O4P. The van der Waals surface area contributed by atoms with Crippen LogP contribution < -0.4 is 33.0 Å². The van der Waals surface area contributed by atoms with Gasteiger partial charge in [-0.1, -0.05) is 0 Å². The molecule has 0 spiro atoms. The molecule has 10 nitrogen and oxygen atoms in total. The Balaban J connectivity index is 2.06. The fourth-order valence-electron chi connectivity index (χ4n) is 2.65. The molecule has 6 N–H and O–H groups in total. The normalized spacial score (nSPS) is 11.6. The van der Waals surface area contributed by atoms with Crippen molar-refractivity contribution < 1.29 is 18.4 Å². The molecule has 0 aliphatic carbocycles. The fraction of sp³-hybridized carbons (Fsp3) is 0. The molecule has 20 heteroatoms. The molecule has 3 aromatic rings. The highest BCUT2D eigenvalue weighted by Gasteiger charge is 2.39. The van der Waals surface area contributed by atoms with Gasteiger partial charge in [0.25, 0.3) is 0 Å². The van der Waals surface area contributed by atoms with Crippen molar-refractivity contribution in [1.29, 1.82) is 0 Å². The molecule has 0 aliphatic heterocycles. The van der Waals surface area contributed by atoms with Crippen molar-refractivity contribution in [3.63, 3.8) is 0 Å². The van der Waals surface area contributed by atoms with Crippen LogP contribution in [0.3, 0.4) is 0 Å². The van der Waals surface area contributed by atoms with Crippen LogP contribution in [0.2, 0.25) is 0 Å². The number of nitrogens with two attached hydrogens (primary N) is 3. The molecule has 3 rings (SSSR count). The third-order valence-electron chi connectivity index (χ3n) is 4.28. The number of halogens is 9. The summed E-state index contributed by atoms with van der Waals surface area (Å²) in [4.78, 5) is 0. The summed E-state index contributed by atoms with van der Waals surface area (Å²) in [7, 11) is -4.82. The Labute approximate surface area is 292 Å². The smallest absolute Gasteiger partial charge is 0.222 e. The lowest BCUT2D eigenvalue weighted by molar-refractivity contribution is 0.0854. The number of phosphoric acid groups is 1. The Bertz CT molecular complexity index is 1260. The Morgan fingerprint density at radius 3 is 0.921 bits per heavy atom. The first kappa shape index (κ1) is 33.9. The summed E-state index contributed by atoms with van der Waals surface area (Å²) in [5, 5.41) is 2.08. The average molecular weight is 1130 g/mol. The number of rotatable bonds is 9. The van der Waals surface area contributed by atoms with Crippen LogP contribution in [0.1, 0.15) is 0 Å². The largest absolute Gasteiger partial charge is 0.543 e. The van der Waals surface area contributed by atoms with Gasteiger partial charge in [-0.2, -0.15) is 15.5 Å². The SMILES string of the molecule is NN(OP(=O)(ON(N)c1c(Br)ccc(Br)c1Br)ON(N)c1c(Br)ccc(Br)c1Br)c1c(Br)ccc(Br)c1Br. The first-order valence-corrected chi connectivity index (χ1v) is 18.0. The van der Waals surface area contributed by atoms with Crippen LogP contribution in [0.5, 0.6) is 0 Å². The van der Waals surface area contributed by atoms with E-state index in [0.717, 1.165) is 0 Å². The maximum Gasteiger partial charge on any atom is 0.543 e. The van der Waals surface area contributed by atoms with Crippen molar-refractivity contribution in [3.8, 4) is 0 Å². The van der Waals surface area contributed by atoms with E-state index in [2.05, 4.69) is 143 Å². The van der Waals surface area contributed by atoms with Gasteiger partial charge < -0.3 is 0 Å². The first-order chi connectivity index (χ1) is 17.7. The zero-order valence-electron chi connectivity index (χ0n) is 18.0. The predicted octanol–water partition coefficient (Wildman–Crippen LogP) is 9.89. The Morgan fingerprint density at radius 2 is 0.684 bits per heavy atom. The van der Waals surface area contributed by atoms with Crippen molar-refractivity contribution in [2.45, 2.75) is 0 Å². The molecule has 0 bridgehead atoms. The Hall–Kier alpha value is 1.37. The second-order valence-electron chi connectivity index (χ2n) is 6.74. The van der Waals surface area contributed by atoms with E-state index in [-0.39, 0.29) is 17.1 Å². The third-order valence-corrected chi connectivity index (χ3v) is 13.3. The maximum atomic E-state index is 14.1. The topological polar surface area (TPSA) is 133 Å². The molecule has 0 unspecified atom stereocenters. The molecular weight excluding hydrogens is 1110 g/mol. The molecule has 0 aliphatic rings. The zero-order valence-corrected chi connectivity index (χ0v) is 33.2. The molecule has 3 aromatic carbocycles. The van der Waals surface area contributed by atoms with Crippen LogP contribution in [0, 0.1) is 0 Å². The standard InChI is InChI=1S/C18H12Br9N6O4P/c19-7-1-4-10(22)16(13(7)25)31(28)35-38(34,36-32(29)17-11(23)5-2-8(20)14(17)26)37-33(30)18-12(24)6-3-9(21)15(18)27/h1-6H,28-30H2. The van der Waals surface area contributed by atoms with E-state index >= 15 is 0 Å². The molecule has 206 valence electrons. The maximum absolute atomic E-state index is 14.1. The number of hydrogen-bond acceptors (Lipinski definition) is 10. The minimum atomic E-state index is -4.82. The highest BCUT2D eigenvalue weighted by atomic mass is 79.9. The molecule has 0 atom stereocenters. The third kappa shape index (κ3) is 7.85.